The van der Waals surface area contributed by atoms with Crippen LogP contribution in [0.5, 0.6) is 0 Å². The number of nitrogens with zero attached hydrogens (tertiary/aromatic N) is 2. The van der Waals surface area contributed by atoms with Crippen LogP contribution in [0, 0.1) is 11.8 Å². The Bertz CT molecular complexity index is 843. The van der Waals surface area contributed by atoms with E-state index in [4.69, 9.17) is 20.8 Å². The molecular weight excluding hydrogens is 414 g/mol. The second-order valence-corrected chi connectivity index (χ2v) is 8.63. The minimum absolute atomic E-state index is 0.0214. The zero-order valence-corrected chi connectivity index (χ0v) is 18.0. The molecule has 29 heavy (non-hydrogen) atoms. The van der Waals surface area contributed by atoms with E-state index in [2.05, 4.69) is 29.4 Å². The monoisotopic (exact) mass is 437 g/mol. The third-order valence-electron chi connectivity index (χ3n) is 5.23. The van der Waals surface area contributed by atoms with Gasteiger partial charge in [0, 0.05) is 16.6 Å². The van der Waals surface area contributed by atoms with Crippen molar-refractivity contribution >= 4 is 35.2 Å². The molecule has 1 aromatic heterocycles. The summed E-state index contributed by atoms with van der Waals surface area (Å²) in [6.45, 7) is 4.08. The molecule has 156 valence electrons. The number of benzene rings is 1. The minimum Gasteiger partial charge on any atom is -0.455 e. The zero-order chi connectivity index (χ0) is 20.8. The fourth-order valence-electron chi connectivity index (χ4n) is 3.32. The topological polar surface area (TPSA) is 94.3 Å². The standard InChI is InChI=1S/C20H24ClN3O4S/c1-12-4-3-5-16(13(12)2)22-17(25)10-27-18(26)11-29-20-24-23-19(28-20)14-6-8-15(21)9-7-14/h6-9,12-13,16H,3-5,10-11H2,1-2H3,(H,22,25)/t12-,13+,16+/m1/s1. The molecule has 3 rings (SSSR count). The summed E-state index contributed by atoms with van der Waals surface area (Å²) in [6, 6.07) is 7.13. The average molecular weight is 438 g/mol. The smallest absolute Gasteiger partial charge is 0.316 e. The molecule has 2 aromatic rings. The maximum Gasteiger partial charge on any atom is 0.316 e. The van der Waals surface area contributed by atoms with Crippen molar-refractivity contribution in [1.29, 1.82) is 0 Å². The lowest BCUT2D eigenvalue weighted by Crippen LogP contribution is -2.45. The van der Waals surface area contributed by atoms with Crippen LogP contribution in [0.1, 0.15) is 33.1 Å². The number of carbonyl (C=O) groups is 2. The summed E-state index contributed by atoms with van der Waals surface area (Å²) in [7, 11) is 0. The summed E-state index contributed by atoms with van der Waals surface area (Å²) in [5, 5.41) is 11.7. The van der Waals surface area contributed by atoms with Gasteiger partial charge < -0.3 is 14.5 Å². The summed E-state index contributed by atoms with van der Waals surface area (Å²) in [5.74, 6) is 0.546. The lowest BCUT2D eigenvalue weighted by molar-refractivity contribution is -0.146. The number of carbonyl (C=O) groups excluding carboxylic acids is 2. The Hall–Kier alpha value is -2.06. The number of hydrogen-bond donors (Lipinski definition) is 1. The van der Waals surface area contributed by atoms with Gasteiger partial charge in [0.15, 0.2) is 6.61 Å². The minimum atomic E-state index is -0.513. The zero-order valence-electron chi connectivity index (χ0n) is 16.4. The Labute approximate surface area is 178 Å². The van der Waals surface area contributed by atoms with Crippen LogP contribution < -0.4 is 5.32 Å². The predicted molar refractivity (Wildman–Crippen MR) is 111 cm³/mol. The van der Waals surface area contributed by atoms with Crippen LogP contribution in [-0.2, 0) is 14.3 Å². The van der Waals surface area contributed by atoms with Gasteiger partial charge in [0.25, 0.3) is 11.1 Å². The van der Waals surface area contributed by atoms with Crippen molar-refractivity contribution in [2.75, 3.05) is 12.4 Å². The van der Waals surface area contributed by atoms with E-state index < -0.39 is 5.97 Å². The van der Waals surface area contributed by atoms with Crippen LogP contribution in [0.25, 0.3) is 11.5 Å². The maximum atomic E-state index is 12.1. The third-order valence-corrected chi connectivity index (χ3v) is 6.27. The largest absolute Gasteiger partial charge is 0.455 e. The number of ether oxygens (including phenoxy) is 1. The molecule has 1 saturated carbocycles. The third kappa shape index (κ3) is 6.21. The number of amides is 1. The molecule has 1 N–H and O–H groups in total. The summed E-state index contributed by atoms with van der Waals surface area (Å²) in [6.07, 6.45) is 3.26. The van der Waals surface area contributed by atoms with E-state index in [1.165, 1.54) is 6.42 Å². The highest BCUT2D eigenvalue weighted by atomic mass is 35.5. The first-order chi connectivity index (χ1) is 13.9. The van der Waals surface area contributed by atoms with Crippen LogP contribution in [0.2, 0.25) is 5.02 Å². The Morgan fingerprint density at radius 2 is 2.00 bits per heavy atom. The quantitative estimate of drug-likeness (QED) is 0.517. The molecule has 1 fully saturated rings. The predicted octanol–water partition coefficient (Wildman–Crippen LogP) is 3.97. The van der Waals surface area contributed by atoms with Gasteiger partial charge in [-0.05, 0) is 42.5 Å². The van der Waals surface area contributed by atoms with Crippen molar-refractivity contribution in [3.05, 3.63) is 29.3 Å². The molecule has 0 radical (unpaired) electrons. The van der Waals surface area contributed by atoms with Crippen LogP contribution in [0.4, 0.5) is 0 Å². The van der Waals surface area contributed by atoms with Gasteiger partial charge in [0.05, 0.1) is 0 Å². The van der Waals surface area contributed by atoms with Gasteiger partial charge >= 0.3 is 5.97 Å². The number of nitrogens with one attached hydrogen (secondary N) is 1. The number of hydrogen-bond acceptors (Lipinski definition) is 7. The fourth-order valence-corrected chi connectivity index (χ4v) is 4.01. The second-order valence-electron chi connectivity index (χ2n) is 7.27. The van der Waals surface area contributed by atoms with E-state index in [0.29, 0.717) is 22.7 Å². The number of halogens is 1. The van der Waals surface area contributed by atoms with Gasteiger partial charge in [-0.2, -0.15) is 0 Å². The van der Waals surface area contributed by atoms with Gasteiger partial charge in [0.2, 0.25) is 5.89 Å². The Morgan fingerprint density at radius 1 is 1.24 bits per heavy atom. The molecule has 7 nitrogen and oxygen atoms in total. The maximum absolute atomic E-state index is 12.1. The first-order valence-corrected chi connectivity index (χ1v) is 11.0. The van der Waals surface area contributed by atoms with Crippen molar-refractivity contribution in [2.45, 2.75) is 44.4 Å². The summed E-state index contributed by atoms with van der Waals surface area (Å²) in [4.78, 5) is 24.0. The van der Waals surface area contributed by atoms with E-state index in [1.54, 1.807) is 24.3 Å². The molecule has 0 unspecified atom stereocenters. The molecule has 0 saturated heterocycles. The number of rotatable bonds is 7. The number of aromatic nitrogens is 2. The molecule has 1 aliphatic rings. The Morgan fingerprint density at radius 3 is 2.76 bits per heavy atom. The Kier molecular flexibility index (Phi) is 7.55. The molecule has 1 heterocycles. The van der Waals surface area contributed by atoms with Crippen molar-refractivity contribution < 1.29 is 18.7 Å². The van der Waals surface area contributed by atoms with E-state index in [-0.39, 0.29) is 29.5 Å². The van der Waals surface area contributed by atoms with Crippen LogP contribution in [0.3, 0.4) is 0 Å². The first-order valence-electron chi connectivity index (χ1n) is 9.59. The van der Waals surface area contributed by atoms with E-state index in [9.17, 15) is 9.59 Å². The van der Waals surface area contributed by atoms with Crippen LogP contribution in [0.15, 0.2) is 33.9 Å². The summed E-state index contributed by atoms with van der Waals surface area (Å²) in [5.41, 5.74) is 0.735. The highest BCUT2D eigenvalue weighted by molar-refractivity contribution is 7.99. The average Bonchev–Trinajstić information content (AvgIpc) is 3.18. The molecule has 1 aromatic carbocycles. The van der Waals surface area contributed by atoms with Gasteiger partial charge in [-0.25, -0.2) is 0 Å². The molecule has 1 amide bonds. The molecule has 3 atom stereocenters. The highest BCUT2D eigenvalue weighted by Gasteiger charge is 2.28. The lowest BCUT2D eigenvalue weighted by atomic mass is 9.78. The molecule has 0 bridgehead atoms. The van der Waals surface area contributed by atoms with Crippen molar-refractivity contribution in [3.8, 4) is 11.5 Å². The van der Waals surface area contributed by atoms with Gasteiger partial charge in [0.1, 0.15) is 5.75 Å². The van der Waals surface area contributed by atoms with Gasteiger partial charge in [-0.15, -0.1) is 10.2 Å². The molecule has 9 heteroatoms. The van der Waals surface area contributed by atoms with Crippen LogP contribution >= 0.6 is 23.4 Å². The molecule has 0 aliphatic heterocycles. The van der Waals surface area contributed by atoms with Gasteiger partial charge in [-0.3, -0.25) is 9.59 Å². The lowest BCUT2D eigenvalue weighted by Gasteiger charge is -2.34. The highest BCUT2D eigenvalue weighted by Crippen LogP contribution is 2.29. The van der Waals surface area contributed by atoms with Crippen molar-refractivity contribution in [3.63, 3.8) is 0 Å². The number of thioether (sulfide) groups is 1. The fraction of sp³-hybridized carbons (Fsp3) is 0.500. The first kappa shape index (κ1) is 21.6. The van der Waals surface area contributed by atoms with E-state index >= 15 is 0 Å². The van der Waals surface area contributed by atoms with E-state index in [0.717, 1.165) is 30.2 Å². The Balaban J connectivity index is 1.40. The normalized spacial score (nSPS) is 21.6. The van der Waals surface area contributed by atoms with E-state index in [1.807, 2.05) is 0 Å². The number of esters is 1. The summed E-state index contributed by atoms with van der Waals surface area (Å²) < 4.78 is 10.6. The van der Waals surface area contributed by atoms with Crippen molar-refractivity contribution in [2.24, 2.45) is 11.8 Å². The summed E-state index contributed by atoms with van der Waals surface area (Å²) >= 11 is 6.92. The van der Waals surface area contributed by atoms with Crippen molar-refractivity contribution in [1.82, 2.24) is 15.5 Å². The molecule has 1 aliphatic carbocycles. The SMILES string of the molecule is C[C@H]1[C@H](C)CCC[C@@H]1NC(=O)COC(=O)CSc1nnc(-c2ccc(Cl)cc2)o1. The second kappa shape index (κ2) is 10.1. The van der Waals surface area contributed by atoms with Gasteiger partial charge in [-0.1, -0.05) is 50.1 Å². The van der Waals surface area contributed by atoms with Crippen LogP contribution in [-0.4, -0.2) is 40.5 Å². The molecular formula is C20H24ClN3O4S. The molecule has 0 spiro atoms.